The summed E-state index contributed by atoms with van der Waals surface area (Å²) in [5.74, 6) is 0. The van der Waals surface area contributed by atoms with Crippen LogP contribution in [0.25, 0.3) is 0 Å². The summed E-state index contributed by atoms with van der Waals surface area (Å²) in [6, 6.07) is 29.6. The molecular formula is C27H30NO3S+. The van der Waals surface area contributed by atoms with E-state index in [4.69, 9.17) is 0 Å². The van der Waals surface area contributed by atoms with Crippen LogP contribution in [0.2, 0.25) is 0 Å². The highest BCUT2D eigenvalue weighted by Gasteiger charge is 2.42. The van der Waals surface area contributed by atoms with Crippen molar-refractivity contribution in [2.45, 2.75) is 36.9 Å². The Morgan fingerprint density at radius 1 is 0.875 bits per heavy atom. The molecule has 0 fully saturated rings. The summed E-state index contributed by atoms with van der Waals surface area (Å²) < 4.78 is 34.7. The smallest absolute Gasteiger partial charge is 0.267 e. The van der Waals surface area contributed by atoms with Crippen LogP contribution < -0.4 is 0 Å². The van der Waals surface area contributed by atoms with Crippen molar-refractivity contribution in [3.8, 4) is 0 Å². The third kappa shape index (κ3) is 5.17. The Hall–Kier alpha value is -2.76. The van der Waals surface area contributed by atoms with E-state index < -0.39 is 15.4 Å². The zero-order chi connectivity index (χ0) is 22.6. The van der Waals surface area contributed by atoms with Gasteiger partial charge in [0.25, 0.3) is 10.1 Å². The van der Waals surface area contributed by atoms with Crippen molar-refractivity contribution >= 4 is 16.3 Å². The Morgan fingerprint density at radius 3 is 1.97 bits per heavy atom. The predicted molar refractivity (Wildman–Crippen MR) is 129 cm³/mol. The maximum atomic E-state index is 11.5. The second kappa shape index (κ2) is 9.39. The molecule has 1 heterocycles. The van der Waals surface area contributed by atoms with Crippen molar-refractivity contribution in [2.24, 2.45) is 0 Å². The molecular weight excluding hydrogens is 418 g/mol. The van der Waals surface area contributed by atoms with Crippen LogP contribution in [0, 0.1) is 0 Å². The molecule has 1 aliphatic heterocycles. The molecule has 0 aromatic heterocycles. The summed E-state index contributed by atoms with van der Waals surface area (Å²) in [6.45, 7) is 2.92. The summed E-state index contributed by atoms with van der Waals surface area (Å²) in [5, 5.41) is -0.786. The van der Waals surface area contributed by atoms with Crippen molar-refractivity contribution in [3.05, 3.63) is 107 Å². The molecule has 1 aliphatic rings. The zero-order valence-corrected chi connectivity index (χ0v) is 19.2. The fraction of sp³-hybridized carbons (Fsp3) is 0.296. The number of hydrogen-bond acceptors (Lipinski definition) is 2. The van der Waals surface area contributed by atoms with Gasteiger partial charge in [-0.3, -0.25) is 4.55 Å². The fourth-order valence-electron chi connectivity index (χ4n) is 4.79. The summed E-state index contributed by atoms with van der Waals surface area (Å²) in [4.78, 5) is 0. The highest BCUT2D eigenvalue weighted by molar-refractivity contribution is 7.86. The number of benzene rings is 3. The third-order valence-electron chi connectivity index (χ3n) is 6.46. The van der Waals surface area contributed by atoms with E-state index in [-0.39, 0.29) is 5.41 Å². The zero-order valence-electron chi connectivity index (χ0n) is 18.4. The highest BCUT2D eigenvalue weighted by atomic mass is 32.2. The molecule has 3 aromatic rings. The summed E-state index contributed by atoms with van der Waals surface area (Å²) in [7, 11) is -4.03. The van der Waals surface area contributed by atoms with E-state index in [0.717, 1.165) is 19.4 Å². The van der Waals surface area contributed by atoms with Gasteiger partial charge < -0.3 is 0 Å². The van der Waals surface area contributed by atoms with Crippen LogP contribution in [-0.2, 0) is 28.4 Å². The van der Waals surface area contributed by atoms with Crippen LogP contribution in [0.3, 0.4) is 0 Å². The average molecular weight is 449 g/mol. The molecule has 1 N–H and O–H groups in total. The average Bonchev–Trinajstić information content (AvgIpc) is 2.78. The van der Waals surface area contributed by atoms with Gasteiger partial charge in [-0.05, 0) is 42.5 Å². The van der Waals surface area contributed by atoms with Crippen LogP contribution >= 0.6 is 0 Å². The van der Waals surface area contributed by atoms with Gasteiger partial charge in [0.05, 0.1) is 10.7 Å². The van der Waals surface area contributed by atoms with Gasteiger partial charge in [0.1, 0.15) is 6.54 Å². The Bertz CT molecular complexity index is 1150. The monoisotopic (exact) mass is 448 g/mol. The van der Waals surface area contributed by atoms with Crippen molar-refractivity contribution in [1.29, 1.82) is 0 Å². The van der Waals surface area contributed by atoms with Gasteiger partial charge in [0.2, 0.25) is 0 Å². The van der Waals surface area contributed by atoms with E-state index in [1.54, 1.807) is 6.92 Å². The molecule has 0 saturated carbocycles. The van der Waals surface area contributed by atoms with Crippen LogP contribution in [0.1, 0.15) is 35.6 Å². The summed E-state index contributed by atoms with van der Waals surface area (Å²) in [5.41, 5.74) is 4.91. The van der Waals surface area contributed by atoms with Crippen molar-refractivity contribution in [1.82, 2.24) is 0 Å². The number of hydrogen-bond donors (Lipinski definition) is 1. The van der Waals surface area contributed by atoms with E-state index in [1.165, 1.54) is 22.3 Å². The Morgan fingerprint density at radius 2 is 1.41 bits per heavy atom. The van der Waals surface area contributed by atoms with Gasteiger partial charge in [-0.2, -0.15) is 8.42 Å². The lowest BCUT2D eigenvalue weighted by molar-refractivity contribution is -0.535. The van der Waals surface area contributed by atoms with Crippen molar-refractivity contribution in [2.75, 3.05) is 13.1 Å². The third-order valence-corrected chi connectivity index (χ3v) is 7.71. The molecule has 4 nitrogen and oxygen atoms in total. The summed E-state index contributed by atoms with van der Waals surface area (Å²) >= 11 is 0. The molecule has 1 atom stereocenters. The van der Waals surface area contributed by atoms with Gasteiger partial charge in [-0.25, -0.2) is 4.58 Å². The lowest BCUT2D eigenvalue weighted by atomic mass is 9.68. The predicted octanol–water partition coefficient (Wildman–Crippen LogP) is 4.52. The molecule has 5 heteroatoms. The first kappa shape index (κ1) is 22.4. The SMILES string of the molecule is CC(CC[N+]1=Cc2ccccc2C(Cc2ccccc2)(Cc2ccccc2)C1)S(=O)(=O)O. The summed E-state index contributed by atoms with van der Waals surface area (Å²) in [6.07, 6.45) is 4.29. The van der Waals surface area contributed by atoms with E-state index in [9.17, 15) is 13.0 Å². The molecule has 3 aromatic carbocycles. The molecule has 166 valence electrons. The first-order valence-electron chi connectivity index (χ1n) is 11.1. The Balaban J connectivity index is 1.74. The molecule has 0 amide bonds. The molecule has 0 spiro atoms. The normalized spacial score (nSPS) is 16.1. The lowest BCUT2D eigenvalue weighted by Crippen LogP contribution is -2.45. The number of fused-ring (bicyclic) bond motifs is 1. The molecule has 0 saturated heterocycles. The van der Waals surface area contributed by atoms with Gasteiger partial charge in [0.15, 0.2) is 12.8 Å². The number of rotatable bonds is 8. The van der Waals surface area contributed by atoms with E-state index in [1.807, 2.05) is 12.1 Å². The number of nitrogens with zero attached hydrogens (tertiary/aromatic N) is 1. The van der Waals surface area contributed by atoms with Gasteiger partial charge in [-0.1, -0.05) is 78.9 Å². The maximum Gasteiger partial charge on any atom is 0.267 e. The molecule has 4 rings (SSSR count). The van der Waals surface area contributed by atoms with Crippen LogP contribution in [0.15, 0.2) is 84.9 Å². The van der Waals surface area contributed by atoms with Crippen LogP contribution in [0.5, 0.6) is 0 Å². The van der Waals surface area contributed by atoms with E-state index in [0.29, 0.717) is 13.0 Å². The van der Waals surface area contributed by atoms with Crippen molar-refractivity contribution in [3.63, 3.8) is 0 Å². The fourth-order valence-corrected chi connectivity index (χ4v) is 5.19. The van der Waals surface area contributed by atoms with Crippen LogP contribution in [0.4, 0.5) is 0 Å². The van der Waals surface area contributed by atoms with Gasteiger partial charge in [-0.15, -0.1) is 0 Å². The topological polar surface area (TPSA) is 57.4 Å². The first-order valence-corrected chi connectivity index (χ1v) is 12.6. The Labute approximate surface area is 191 Å². The van der Waals surface area contributed by atoms with Gasteiger partial charge in [0, 0.05) is 12.0 Å². The second-order valence-electron chi connectivity index (χ2n) is 8.91. The van der Waals surface area contributed by atoms with Crippen molar-refractivity contribution < 1.29 is 17.5 Å². The first-order chi connectivity index (χ1) is 15.4. The largest absolute Gasteiger partial charge is 0.285 e. The minimum absolute atomic E-state index is 0.157. The molecule has 0 radical (unpaired) electrons. The van der Waals surface area contributed by atoms with Crippen LogP contribution in [-0.4, -0.2) is 42.1 Å². The molecule has 32 heavy (non-hydrogen) atoms. The van der Waals surface area contributed by atoms with E-state index in [2.05, 4.69) is 83.6 Å². The minimum Gasteiger partial charge on any atom is -0.285 e. The Kier molecular flexibility index (Phi) is 6.58. The second-order valence-corrected chi connectivity index (χ2v) is 10.7. The minimum atomic E-state index is -4.03. The maximum absolute atomic E-state index is 11.5. The lowest BCUT2D eigenvalue weighted by Gasteiger charge is -2.36. The molecule has 1 unspecified atom stereocenters. The highest BCUT2D eigenvalue weighted by Crippen LogP contribution is 2.37. The molecule has 0 bridgehead atoms. The van der Waals surface area contributed by atoms with E-state index >= 15 is 0 Å². The van der Waals surface area contributed by atoms with Gasteiger partial charge >= 0.3 is 0 Å². The quantitative estimate of drug-likeness (QED) is 0.407. The standard InChI is InChI=1S/C27H29NO3S/c1-22(32(29,30)31)16-17-28-20-25-14-8-9-15-26(25)27(21-28,18-23-10-4-2-5-11-23)19-24-12-6-3-7-13-24/h2-15,20,22H,16-19,21H2,1H3/p+1. The molecule has 0 aliphatic carbocycles.